The highest BCUT2D eigenvalue weighted by Gasteiger charge is 2.03. The van der Waals surface area contributed by atoms with Crippen LogP contribution in [0.4, 0.5) is 5.69 Å². The summed E-state index contributed by atoms with van der Waals surface area (Å²) in [6, 6.07) is 6.20. The SMILES string of the molecule is O=[N+]([O-])c1ccc(OCCCCCCCCCCO)cc1. The predicted octanol–water partition coefficient (Wildman–Crippen LogP) is 4.09. The van der Waals surface area contributed by atoms with Crippen LogP contribution < -0.4 is 4.74 Å². The van der Waals surface area contributed by atoms with E-state index in [1.54, 1.807) is 12.1 Å². The molecule has 0 atom stereocenters. The largest absolute Gasteiger partial charge is 0.494 e. The Kier molecular flexibility index (Phi) is 9.20. The molecule has 0 amide bonds. The second-order valence-electron chi connectivity index (χ2n) is 5.15. The molecule has 1 rings (SSSR count). The van der Waals surface area contributed by atoms with Crippen LogP contribution in [-0.4, -0.2) is 23.2 Å². The standard InChI is InChI=1S/C16H25NO4/c18-13-7-5-3-1-2-4-6-8-14-21-16-11-9-15(10-12-16)17(19)20/h9-12,18H,1-8,13-14H2. The van der Waals surface area contributed by atoms with Gasteiger partial charge in [-0.2, -0.15) is 0 Å². The minimum atomic E-state index is -0.412. The fraction of sp³-hybridized carbons (Fsp3) is 0.625. The topological polar surface area (TPSA) is 72.6 Å². The zero-order valence-corrected chi connectivity index (χ0v) is 12.5. The van der Waals surface area contributed by atoms with E-state index in [0.717, 1.165) is 25.7 Å². The molecule has 0 aliphatic carbocycles. The molecule has 5 nitrogen and oxygen atoms in total. The van der Waals surface area contributed by atoms with E-state index < -0.39 is 4.92 Å². The number of rotatable bonds is 12. The van der Waals surface area contributed by atoms with Crippen LogP contribution in [-0.2, 0) is 0 Å². The van der Waals surface area contributed by atoms with Crippen molar-refractivity contribution in [2.45, 2.75) is 51.4 Å². The number of aliphatic hydroxyl groups excluding tert-OH is 1. The van der Waals surface area contributed by atoms with Crippen molar-refractivity contribution in [1.82, 2.24) is 0 Å². The summed E-state index contributed by atoms with van der Waals surface area (Å²) in [5.41, 5.74) is 0.0866. The Morgan fingerprint density at radius 3 is 1.95 bits per heavy atom. The fourth-order valence-electron chi connectivity index (χ4n) is 2.13. The predicted molar refractivity (Wildman–Crippen MR) is 82.6 cm³/mol. The van der Waals surface area contributed by atoms with Crippen molar-refractivity contribution in [1.29, 1.82) is 0 Å². The Morgan fingerprint density at radius 2 is 1.43 bits per heavy atom. The van der Waals surface area contributed by atoms with E-state index in [4.69, 9.17) is 9.84 Å². The molecule has 0 unspecified atom stereocenters. The maximum atomic E-state index is 10.5. The molecular weight excluding hydrogens is 270 g/mol. The highest BCUT2D eigenvalue weighted by atomic mass is 16.6. The lowest BCUT2D eigenvalue weighted by Gasteiger charge is -2.06. The molecular formula is C16H25NO4. The lowest BCUT2D eigenvalue weighted by atomic mass is 10.1. The van der Waals surface area contributed by atoms with Crippen molar-refractivity contribution in [3.05, 3.63) is 34.4 Å². The smallest absolute Gasteiger partial charge is 0.269 e. The molecule has 0 saturated heterocycles. The van der Waals surface area contributed by atoms with Crippen LogP contribution in [0.1, 0.15) is 51.4 Å². The van der Waals surface area contributed by atoms with Gasteiger partial charge in [0.15, 0.2) is 0 Å². The third-order valence-corrected chi connectivity index (χ3v) is 3.37. The van der Waals surface area contributed by atoms with Gasteiger partial charge in [-0.1, -0.05) is 38.5 Å². The second kappa shape index (κ2) is 11.1. The fourth-order valence-corrected chi connectivity index (χ4v) is 2.13. The van der Waals surface area contributed by atoms with Gasteiger partial charge in [-0.3, -0.25) is 10.1 Å². The summed E-state index contributed by atoms with van der Waals surface area (Å²) >= 11 is 0. The normalized spacial score (nSPS) is 10.5. The molecule has 0 aliphatic heterocycles. The highest BCUT2D eigenvalue weighted by molar-refractivity contribution is 5.35. The van der Waals surface area contributed by atoms with Gasteiger partial charge in [0, 0.05) is 18.7 Å². The minimum absolute atomic E-state index is 0.0866. The van der Waals surface area contributed by atoms with E-state index in [0.29, 0.717) is 19.0 Å². The molecule has 118 valence electrons. The molecule has 1 aromatic carbocycles. The van der Waals surface area contributed by atoms with Gasteiger partial charge in [-0.15, -0.1) is 0 Å². The van der Waals surface area contributed by atoms with Gasteiger partial charge in [0.25, 0.3) is 5.69 Å². The molecule has 0 aliphatic rings. The van der Waals surface area contributed by atoms with Gasteiger partial charge in [-0.25, -0.2) is 0 Å². The number of benzene rings is 1. The first kappa shape index (κ1) is 17.4. The highest BCUT2D eigenvalue weighted by Crippen LogP contribution is 2.17. The average molecular weight is 295 g/mol. The molecule has 0 radical (unpaired) electrons. The van der Waals surface area contributed by atoms with Gasteiger partial charge >= 0.3 is 0 Å². The molecule has 5 heteroatoms. The summed E-state index contributed by atoms with van der Waals surface area (Å²) in [4.78, 5) is 10.1. The first-order valence-electron chi connectivity index (χ1n) is 7.72. The van der Waals surface area contributed by atoms with Crippen molar-refractivity contribution in [3.63, 3.8) is 0 Å². The average Bonchev–Trinajstić information content (AvgIpc) is 2.49. The number of hydrogen-bond acceptors (Lipinski definition) is 4. The Labute approximate surface area is 126 Å². The number of nitrogens with zero attached hydrogens (tertiary/aromatic N) is 1. The third kappa shape index (κ3) is 8.30. The lowest BCUT2D eigenvalue weighted by Crippen LogP contribution is -1.97. The van der Waals surface area contributed by atoms with Crippen molar-refractivity contribution in [3.8, 4) is 5.75 Å². The van der Waals surface area contributed by atoms with Crippen molar-refractivity contribution < 1.29 is 14.8 Å². The summed E-state index contributed by atoms with van der Waals surface area (Å²) in [5, 5.41) is 19.2. The molecule has 1 aromatic rings. The zero-order chi connectivity index (χ0) is 15.3. The monoisotopic (exact) mass is 295 g/mol. The lowest BCUT2D eigenvalue weighted by molar-refractivity contribution is -0.384. The van der Waals surface area contributed by atoms with Gasteiger partial charge < -0.3 is 9.84 Å². The number of nitro groups is 1. The van der Waals surface area contributed by atoms with Crippen molar-refractivity contribution in [2.24, 2.45) is 0 Å². The van der Waals surface area contributed by atoms with E-state index in [2.05, 4.69) is 0 Å². The number of non-ortho nitro benzene ring substituents is 1. The third-order valence-electron chi connectivity index (χ3n) is 3.37. The molecule has 21 heavy (non-hydrogen) atoms. The molecule has 1 N–H and O–H groups in total. The van der Waals surface area contributed by atoms with Gasteiger partial charge in [-0.05, 0) is 25.0 Å². The number of aliphatic hydroxyl groups is 1. The molecule has 0 saturated carbocycles. The van der Waals surface area contributed by atoms with E-state index >= 15 is 0 Å². The molecule has 0 bridgehead atoms. The van der Waals surface area contributed by atoms with Crippen molar-refractivity contribution >= 4 is 5.69 Å². The molecule has 0 spiro atoms. The summed E-state index contributed by atoms with van der Waals surface area (Å²) in [6.45, 7) is 0.961. The van der Waals surface area contributed by atoms with Crippen LogP contribution in [0.15, 0.2) is 24.3 Å². The van der Waals surface area contributed by atoms with Crippen LogP contribution in [0.2, 0.25) is 0 Å². The Balaban J connectivity index is 1.98. The van der Waals surface area contributed by atoms with Crippen molar-refractivity contribution in [2.75, 3.05) is 13.2 Å². The first-order valence-corrected chi connectivity index (χ1v) is 7.72. The minimum Gasteiger partial charge on any atom is -0.494 e. The van der Waals surface area contributed by atoms with E-state index in [-0.39, 0.29) is 5.69 Å². The van der Waals surface area contributed by atoms with Crippen LogP contribution in [0, 0.1) is 10.1 Å². The molecule has 0 heterocycles. The van der Waals surface area contributed by atoms with Gasteiger partial charge in [0.2, 0.25) is 0 Å². The summed E-state index contributed by atoms with van der Waals surface area (Å²) in [6.07, 6.45) is 9.10. The van der Waals surface area contributed by atoms with Gasteiger partial charge in [0.1, 0.15) is 5.75 Å². The molecule has 0 fully saturated rings. The van der Waals surface area contributed by atoms with E-state index in [1.807, 2.05) is 0 Å². The Hall–Kier alpha value is -1.62. The van der Waals surface area contributed by atoms with Gasteiger partial charge in [0.05, 0.1) is 11.5 Å². The van der Waals surface area contributed by atoms with Crippen LogP contribution >= 0.6 is 0 Å². The number of ether oxygens (including phenoxy) is 1. The van der Waals surface area contributed by atoms with E-state index in [9.17, 15) is 10.1 Å². The van der Waals surface area contributed by atoms with E-state index in [1.165, 1.54) is 37.8 Å². The number of unbranched alkanes of at least 4 members (excludes halogenated alkanes) is 7. The quantitative estimate of drug-likeness (QED) is 0.358. The Bertz CT molecular complexity index is 392. The van der Waals surface area contributed by atoms with Crippen LogP contribution in [0.25, 0.3) is 0 Å². The maximum absolute atomic E-state index is 10.5. The maximum Gasteiger partial charge on any atom is 0.269 e. The molecule has 0 aromatic heterocycles. The first-order chi connectivity index (χ1) is 10.2. The summed E-state index contributed by atoms with van der Waals surface area (Å²) < 4.78 is 5.55. The number of hydrogen-bond donors (Lipinski definition) is 1. The Morgan fingerprint density at radius 1 is 0.905 bits per heavy atom. The van der Waals surface area contributed by atoms with Crippen LogP contribution in [0.3, 0.4) is 0 Å². The summed E-state index contributed by atoms with van der Waals surface area (Å²) in [5.74, 6) is 0.685. The summed E-state index contributed by atoms with van der Waals surface area (Å²) in [7, 11) is 0. The van der Waals surface area contributed by atoms with Crippen LogP contribution in [0.5, 0.6) is 5.75 Å². The number of nitro benzene ring substituents is 1. The zero-order valence-electron chi connectivity index (χ0n) is 12.5. The second-order valence-corrected chi connectivity index (χ2v) is 5.15.